The lowest BCUT2D eigenvalue weighted by molar-refractivity contribution is -0.221. The van der Waals surface area contributed by atoms with Crippen molar-refractivity contribution in [2.75, 3.05) is 13.1 Å². The first kappa shape index (κ1) is 17.1. The minimum atomic E-state index is -1.48. The van der Waals surface area contributed by atoms with Crippen LogP contribution in [-0.2, 0) is 14.3 Å². The van der Waals surface area contributed by atoms with Crippen LogP contribution in [0.25, 0.3) is 0 Å². The molecule has 2 heterocycles. The van der Waals surface area contributed by atoms with Crippen molar-refractivity contribution in [1.82, 2.24) is 4.90 Å². The van der Waals surface area contributed by atoms with E-state index in [9.17, 15) is 24.9 Å². The third kappa shape index (κ3) is 3.57. The molecule has 126 valence electrons. The van der Waals surface area contributed by atoms with Crippen LogP contribution in [0, 0.1) is 5.92 Å². The average molecular weight is 317 g/mol. The number of carboxylic acids is 1. The van der Waals surface area contributed by atoms with Gasteiger partial charge < -0.3 is 30.1 Å². The zero-order chi connectivity index (χ0) is 16.4. The van der Waals surface area contributed by atoms with E-state index in [4.69, 9.17) is 9.84 Å². The first-order valence-electron chi connectivity index (χ1n) is 7.51. The SMILES string of the molecule is C[C@@H]1O[C@@H](C(=O)N2CCC(CC(=O)O)CC2)[C@@H](O)[C@H](O)[C@@H]1O. The Morgan fingerprint density at radius 1 is 1.09 bits per heavy atom. The van der Waals surface area contributed by atoms with E-state index in [1.54, 1.807) is 0 Å². The maximum absolute atomic E-state index is 12.4. The number of ether oxygens (including phenoxy) is 1. The molecule has 4 N–H and O–H groups in total. The van der Waals surface area contributed by atoms with E-state index in [2.05, 4.69) is 0 Å². The second-order valence-electron chi connectivity index (χ2n) is 6.10. The average Bonchev–Trinajstić information content (AvgIpc) is 2.48. The molecule has 8 nitrogen and oxygen atoms in total. The first-order valence-corrected chi connectivity index (χ1v) is 7.51. The highest BCUT2D eigenvalue weighted by atomic mass is 16.5. The number of rotatable bonds is 3. The summed E-state index contributed by atoms with van der Waals surface area (Å²) >= 11 is 0. The van der Waals surface area contributed by atoms with Crippen molar-refractivity contribution in [3.05, 3.63) is 0 Å². The van der Waals surface area contributed by atoms with Crippen LogP contribution in [0.5, 0.6) is 0 Å². The maximum Gasteiger partial charge on any atom is 0.303 e. The van der Waals surface area contributed by atoms with Crippen molar-refractivity contribution in [3.8, 4) is 0 Å². The van der Waals surface area contributed by atoms with E-state index in [1.807, 2.05) is 0 Å². The normalized spacial score (nSPS) is 37.1. The molecule has 0 saturated carbocycles. The summed E-state index contributed by atoms with van der Waals surface area (Å²) in [6.45, 7) is 2.33. The Morgan fingerprint density at radius 2 is 1.68 bits per heavy atom. The number of aliphatic hydroxyl groups is 3. The second-order valence-corrected chi connectivity index (χ2v) is 6.10. The molecule has 2 rings (SSSR count). The number of aliphatic hydroxyl groups excluding tert-OH is 3. The Balaban J connectivity index is 1.93. The smallest absolute Gasteiger partial charge is 0.303 e. The molecule has 2 aliphatic rings. The van der Waals surface area contributed by atoms with E-state index in [-0.39, 0.29) is 12.3 Å². The van der Waals surface area contributed by atoms with Gasteiger partial charge in [0.25, 0.3) is 5.91 Å². The van der Waals surface area contributed by atoms with Gasteiger partial charge in [-0.15, -0.1) is 0 Å². The molecule has 22 heavy (non-hydrogen) atoms. The van der Waals surface area contributed by atoms with Gasteiger partial charge in [-0.05, 0) is 25.7 Å². The lowest BCUT2D eigenvalue weighted by Gasteiger charge is -2.41. The molecular formula is C14H23NO7. The molecular weight excluding hydrogens is 294 g/mol. The molecule has 0 bridgehead atoms. The highest BCUT2D eigenvalue weighted by Crippen LogP contribution is 2.25. The number of carbonyl (C=O) groups is 2. The van der Waals surface area contributed by atoms with Crippen LogP contribution in [0.3, 0.4) is 0 Å². The van der Waals surface area contributed by atoms with Gasteiger partial charge in [0.2, 0.25) is 0 Å². The number of piperidine rings is 1. The topological polar surface area (TPSA) is 128 Å². The Labute approximate surface area is 128 Å². The van der Waals surface area contributed by atoms with Gasteiger partial charge in [0, 0.05) is 19.5 Å². The second kappa shape index (κ2) is 6.91. The molecule has 5 atom stereocenters. The summed E-state index contributed by atoms with van der Waals surface area (Å²) in [6, 6.07) is 0. The quantitative estimate of drug-likeness (QED) is 0.502. The van der Waals surface area contributed by atoms with Gasteiger partial charge in [-0.2, -0.15) is 0 Å². The summed E-state index contributed by atoms with van der Waals surface area (Å²) < 4.78 is 5.34. The van der Waals surface area contributed by atoms with Crippen LogP contribution in [0.2, 0.25) is 0 Å². The highest BCUT2D eigenvalue weighted by molar-refractivity contribution is 5.82. The van der Waals surface area contributed by atoms with Crippen molar-refractivity contribution < 1.29 is 34.8 Å². The molecule has 0 spiro atoms. The lowest BCUT2D eigenvalue weighted by Crippen LogP contribution is -2.61. The molecule has 0 radical (unpaired) electrons. The fraction of sp³-hybridized carbons (Fsp3) is 0.857. The molecule has 0 aromatic heterocycles. The van der Waals surface area contributed by atoms with E-state index in [0.29, 0.717) is 25.9 Å². The summed E-state index contributed by atoms with van der Waals surface area (Å²) in [4.78, 5) is 24.6. The number of hydrogen-bond acceptors (Lipinski definition) is 6. The maximum atomic E-state index is 12.4. The number of aliphatic carboxylic acids is 1. The number of carboxylic acid groups (broad SMARTS) is 1. The van der Waals surface area contributed by atoms with E-state index in [1.165, 1.54) is 11.8 Å². The lowest BCUT2D eigenvalue weighted by atomic mass is 9.91. The van der Waals surface area contributed by atoms with Crippen molar-refractivity contribution in [1.29, 1.82) is 0 Å². The number of nitrogens with zero attached hydrogens (tertiary/aromatic N) is 1. The Kier molecular flexibility index (Phi) is 5.38. The van der Waals surface area contributed by atoms with Crippen LogP contribution in [-0.4, -0.2) is 80.8 Å². The van der Waals surface area contributed by atoms with Crippen LogP contribution in [0.1, 0.15) is 26.2 Å². The number of amides is 1. The number of likely N-dealkylation sites (tertiary alicyclic amines) is 1. The summed E-state index contributed by atoms with van der Waals surface area (Å²) in [5.41, 5.74) is 0. The minimum Gasteiger partial charge on any atom is -0.481 e. The zero-order valence-corrected chi connectivity index (χ0v) is 12.5. The third-order valence-electron chi connectivity index (χ3n) is 4.49. The van der Waals surface area contributed by atoms with E-state index in [0.717, 1.165) is 0 Å². The molecule has 0 aliphatic carbocycles. The standard InChI is InChI=1S/C14H23NO7/c1-7-10(18)11(19)12(20)13(22-7)14(21)15-4-2-8(3-5-15)6-9(16)17/h7-8,10-13,18-20H,2-6H2,1H3,(H,16,17)/t7-,10+,11+,12-,13+/m0/s1. The van der Waals surface area contributed by atoms with Crippen LogP contribution >= 0.6 is 0 Å². The Morgan fingerprint density at radius 3 is 2.23 bits per heavy atom. The van der Waals surface area contributed by atoms with Crippen LogP contribution in [0.15, 0.2) is 0 Å². The number of carbonyl (C=O) groups excluding carboxylic acids is 1. The van der Waals surface area contributed by atoms with Crippen LogP contribution < -0.4 is 0 Å². The van der Waals surface area contributed by atoms with Crippen molar-refractivity contribution >= 4 is 11.9 Å². The fourth-order valence-corrected chi connectivity index (χ4v) is 3.04. The summed E-state index contributed by atoms with van der Waals surface area (Å²) in [5.74, 6) is -1.23. The zero-order valence-electron chi connectivity index (χ0n) is 12.5. The molecule has 2 saturated heterocycles. The molecule has 8 heteroatoms. The molecule has 2 fully saturated rings. The Hall–Kier alpha value is -1.22. The highest BCUT2D eigenvalue weighted by Gasteiger charge is 2.46. The third-order valence-corrected chi connectivity index (χ3v) is 4.49. The van der Waals surface area contributed by atoms with Crippen molar-refractivity contribution in [2.45, 2.75) is 56.7 Å². The van der Waals surface area contributed by atoms with E-state index < -0.39 is 42.4 Å². The van der Waals surface area contributed by atoms with Gasteiger partial charge in [0.15, 0.2) is 6.10 Å². The molecule has 0 aromatic carbocycles. The van der Waals surface area contributed by atoms with Crippen molar-refractivity contribution in [2.24, 2.45) is 5.92 Å². The van der Waals surface area contributed by atoms with Gasteiger partial charge in [0.1, 0.15) is 18.3 Å². The van der Waals surface area contributed by atoms with Gasteiger partial charge in [-0.3, -0.25) is 9.59 Å². The molecule has 0 unspecified atom stereocenters. The Bertz CT molecular complexity index is 421. The molecule has 2 aliphatic heterocycles. The van der Waals surface area contributed by atoms with Gasteiger partial charge in [-0.25, -0.2) is 0 Å². The summed E-state index contributed by atoms with van der Waals surface area (Å²) in [5, 5.41) is 38.1. The largest absolute Gasteiger partial charge is 0.481 e. The monoisotopic (exact) mass is 317 g/mol. The van der Waals surface area contributed by atoms with Gasteiger partial charge >= 0.3 is 5.97 Å². The van der Waals surface area contributed by atoms with Crippen LogP contribution in [0.4, 0.5) is 0 Å². The molecule has 0 aromatic rings. The van der Waals surface area contributed by atoms with Crippen molar-refractivity contribution in [3.63, 3.8) is 0 Å². The summed E-state index contributed by atoms with van der Waals surface area (Å²) in [7, 11) is 0. The van der Waals surface area contributed by atoms with Gasteiger partial charge in [0.05, 0.1) is 6.10 Å². The summed E-state index contributed by atoms with van der Waals surface area (Å²) in [6.07, 6.45) is -4.84. The fourth-order valence-electron chi connectivity index (χ4n) is 3.04. The van der Waals surface area contributed by atoms with E-state index >= 15 is 0 Å². The first-order chi connectivity index (χ1) is 10.3. The van der Waals surface area contributed by atoms with Gasteiger partial charge in [-0.1, -0.05) is 0 Å². The number of hydrogen-bond donors (Lipinski definition) is 4. The minimum absolute atomic E-state index is 0.0464. The predicted octanol–water partition coefficient (Wildman–Crippen LogP) is -1.43. The molecule has 1 amide bonds. The predicted molar refractivity (Wildman–Crippen MR) is 73.9 cm³/mol.